The van der Waals surface area contributed by atoms with Gasteiger partial charge in [-0.15, -0.1) is 0 Å². The van der Waals surface area contributed by atoms with Crippen LogP contribution in [0.1, 0.15) is 107 Å². The summed E-state index contributed by atoms with van der Waals surface area (Å²) in [5.74, 6) is -2.10. The number of aliphatic hydroxyl groups excluding tert-OH is 2. The van der Waals surface area contributed by atoms with Gasteiger partial charge in [0.1, 0.15) is 42.0 Å². The second kappa shape index (κ2) is 19.8. The van der Waals surface area contributed by atoms with E-state index in [4.69, 9.17) is 47.4 Å². The monoisotopic (exact) mass is 875 g/mol. The normalized spacial score (nSPS) is 48.0. The van der Waals surface area contributed by atoms with Crippen LogP contribution in [0.4, 0.5) is 0 Å². The third-order valence-electron chi connectivity index (χ3n) is 14.9. The van der Waals surface area contributed by atoms with Crippen LogP contribution < -0.4 is 0 Å². The van der Waals surface area contributed by atoms with Gasteiger partial charge in [0.05, 0.1) is 49.3 Å². The van der Waals surface area contributed by atoms with Crippen LogP contribution in [-0.4, -0.2) is 139 Å². The van der Waals surface area contributed by atoms with E-state index < -0.39 is 90.8 Å². The molecule has 0 unspecified atom stereocenters. The Morgan fingerprint density at radius 3 is 2.35 bits per heavy atom. The molecule has 62 heavy (non-hydrogen) atoms. The molecular formula is C48H74O14. The van der Waals surface area contributed by atoms with Crippen molar-refractivity contribution in [2.75, 3.05) is 20.8 Å². The molecule has 0 radical (unpaired) electrons. The molecule has 14 nitrogen and oxygen atoms in total. The maximum absolute atomic E-state index is 14.4. The van der Waals surface area contributed by atoms with Gasteiger partial charge in [0.15, 0.2) is 18.4 Å². The summed E-state index contributed by atoms with van der Waals surface area (Å²) in [5, 5.41) is 34.2. The van der Waals surface area contributed by atoms with E-state index in [9.17, 15) is 20.1 Å². The van der Waals surface area contributed by atoms with Crippen molar-refractivity contribution in [1.82, 2.24) is 0 Å². The van der Waals surface area contributed by atoms with Gasteiger partial charge in [0, 0.05) is 52.2 Å². The van der Waals surface area contributed by atoms with E-state index >= 15 is 0 Å². The highest BCUT2D eigenvalue weighted by Gasteiger charge is 2.60. The van der Waals surface area contributed by atoms with Crippen LogP contribution >= 0.6 is 0 Å². The molecule has 14 heteroatoms. The molecule has 350 valence electrons. The highest BCUT2D eigenvalue weighted by atomic mass is 16.7. The molecule has 6 heterocycles. The Hall–Kier alpha value is -2.05. The zero-order chi connectivity index (χ0) is 44.7. The molecule has 5 fully saturated rings. The Bertz CT molecular complexity index is 1680. The molecule has 7 rings (SSSR count). The van der Waals surface area contributed by atoms with E-state index in [0.717, 1.165) is 18.4 Å². The number of carbonyl (C=O) groups excluding carboxylic acids is 1. The van der Waals surface area contributed by atoms with Crippen LogP contribution in [0.25, 0.3) is 0 Å². The maximum Gasteiger partial charge on any atom is 0.316 e. The van der Waals surface area contributed by atoms with E-state index in [1.165, 1.54) is 0 Å². The molecule has 1 aliphatic carbocycles. The summed E-state index contributed by atoms with van der Waals surface area (Å²) in [6.45, 7) is 16.3. The molecule has 0 aromatic rings. The lowest BCUT2D eigenvalue weighted by Gasteiger charge is -2.51. The summed E-state index contributed by atoms with van der Waals surface area (Å²) >= 11 is 0. The molecule has 3 N–H and O–H groups in total. The van der Waals surface area contributed by atoms with Gasteiger partial charge in [0.25, 0.3) is 0 Å². The van der Waals surface area contributed by atoms with Crippen molar-refractivity contribution in [1.29, 1.82) is 0 Å². The van der Waals surface area contributed by atoms with Crippen LogP contribution in [0.3, 0.4) is 0 Å². The van der Waals surface area contributed by atoms with Crippen molar-refractivity contribution < 1.29 is 67.5 Å². The molecule has 0 saturated carbocycles. The molecule has 20 atom stereocenters. The average molecular weight is 875 g/mol. The first-order valence-corrected chi connectivity index (χ1v) is 23.2. The predicted molar refractivity (Wildman–Crippen MR) is 227 cm³/mol. The minimum Gasteiger partial charge on any atom is -0.462 e. The number of aliphatic hydroxyl groups is 3. The van der Waals surface area contributed by atoms with Crippen molar-refractivity contribution in [3.05, 3.63) is 47.1 Å². The molecule has 7 aliphatic rings. The second-order valence-corrected chi connectivity index (χ2v) is 19.4. The number of hydrogen-bond acceptors (Lipinski definition) is 14. The number of allylic oxidation sites excluding steroid dienone is 2. The number of esters is 1. The van der Waals surface area contributed by atoms with E-state index in [0.29, 0.717) is 61.5 Å². The molecular weight excluding hydrogens is 801 g/mol. The fraction of sp³-hybridized carbons (Fsp3) is 0.812. The van der Waals surface area contributed by atoms with Crippen LogP contribution in [0.5, 0.6) is 0 Å². The number of rotatable bonds is 8. The Kier molecular flexibility index (Phi) is 15.3. The Morgan fingerprint density at radius 1 is 0.919 bits per heavy atom. The fourth-order valence-corrected chi connectivity index (χ4v) is 11.0. The van der Waals surface area contributed by atoms with Crippen molar-refractivity contribution >= 4 is 5.97 Å². The Labute approximate surface area is 368 Å². The molecule has 0 aromatic carbocycles. The minimum absolute atomic E-state index is 0.00708. The summed E-state index contributed by atoms with van der Waals surface area (Å²) in [5.41, 5.74) is 0.188. The third kappa shape index (κ3) is 9.73. The van der Waals surface area contributed by atoms with E-state index in [-0.39, 0.29) is 30.8 Å². The van der Waals surface area contributed by atoms with Crippen LogP contribution in [0.2, 0.25) is 0 Å². The molecule has 0 amide bonds. The third-order valence-corrected chi connectivity index (χ3v) is 14.9. The molecule has 6 aliphatic heterocycles. The van der Waals surface area contributed by atoms with Gasteiger partial charge >= 0.3 is 5.97 Å². The van der Waals surface area contributed by atoms with Crippen molar-refractivity contribution in [2.45, 2.75) is 204 Å². The van der Waals surface area contributed by atoms with Gasteiger partial charge in [0.2, 0.25) is 0 Å². The Morgan fingerprint density at radius 2 is 1.63 bits per heavy atom. The highest BCUT2D eigenvalue weighted by Crippen LogP contribution is 2.48. The lowest BCUT2D eigenvalue weighted by Crippen LogP contribution is -2.58. The van der Waals surface area contributed by atoms with Gasteiger partial charge in [-0.05, 0) is 69.1 Å². The standard InChI is InChI=1S/C48H74O14/c1-11-25(2)43-28(5)17-18-47(62-43)23-34-20-33(61-47)16-15-27(4)42(26(3)13-12-14-32-24-55-45-40(49)29(6)19-35(46(51)58-34)48(32,45)52)59-39-22-37(54-10)44(31(8)57-39)60-38-21-36(53-9)41(50)30(7)56-38/h12-15,19,25-26,28,30-31,33-45,49-50,52H,11,16-18,20-24H2,1-10H3/b13-12?,27-15+,32-14?/t25-,26-,28-,30-,31-,33+,34-,35-,36-,37-,38-,39-,40+,41-,42-,43+,44-,45+,47+,48+/m0/s1. The smallest absolute Gasteiger partial charge is 0.316 e. The zero-order valence-corrected chi connectivity index (χ0v) is 38.5. The van der Waals surface area contributed by atoms with Crippen LogP contribution in [0.15, 0.2) is 47.1 Å². The van der Waals surface area contributed by atoms with E-state index in [1.54, 1.807) is 40.2 Å². The summed E-state index contributed by atoms with van der Waals surface area (Å²) in [4.78, 5) is 14.4. The quantitative estimate of drug-likeness (QED) is 0.204. The maximum atomic E-state index is 14.4. The molecule has 5 saturated heterocycles. The summed E-state index contributed by atoms with van der Waals surface area (Å²) in [6.07, 6.45) is 6.53. The van der Waals surface area contributed by atoms with Crippen molar-refractivity contribution in [2.24, 2.45) is 23.7 Å². The van der Waals surface area contributed by atoms with Gasteiger partial charge in [-0.1, -0.05) is 64.5 Å². The Balaban J connectivity index is 1.18. The number of methoxy groups -OCH3 is 2. The zero-order valence-electron chi connectivity index (χ0n) is 38.5. The first-order chi connectivity index (χ1) is 29.5. The molecule has 2 bridgehead atoms. The second-order valence-electron chi connectivity index (χ2n) is 19.4. The average Bonchev–Trinajstić information content (AvgIpc) is 3.58. The number of ether oxygens (including phenoxy) is 10. The van der Waals surface area contributed by atoms with Crippen LogP contribution in [-0.2, 0) is 52.2 Å². The SMILES string of the molecule is CC[C@H](C)[C@H]1O[C@]2(CC[C@@H]1C)C[C@@H]1C[C@@H](C/C=C(\C)[C@@H](O[C@H]3C[C@H](OC)[C@@H](O[C@H]4C[C@H](OC)[C@@H](O)[C@H](C)O4)[C@H](C)O3)[C@@H](C)C=CC=C3CO[C@@H]4[C@H](O)C(C)=C[C@@H](C(=O)O1)[C@]34O)O2. The van der Waals surface area contributed by atoms with Gasteiger partial charge in [-0.25, -0.2) is 0 Å². The van der Waals surface area contributed by atoms with Gasteiger partial charge in [-0.3, -0.25) is 4.79 Å². The largest absolute Gasteiger partial charge is 0.462 e. The summed E-state index contributed by atoms with van der Waals surface area (Å²) in [6, 6.07) is 0. The lowest BCUT2D eigenvalue weighted by molar-refractivity contribution is -0.340. The molecule has 1 spiro atoms. The molecule has 0 aromatic heterocycles. The van der Waals surface area contributed by atoms with Crippen LogP contribution in [0, 0.1) is 23.7 Å². The summed E-state index contributed by atoms with van der Waals surface area (Å²) in [7, 11) is 3.23. The minimum atomic E-state index is -1.82. The number of fused-ring (bicyclic) bond motifs is 2. The van der Waals surface area contributed by atoms with E-state index in [1.807, 2.05) is 19.1 Å². The fourth-order valence-electron chi connectivity index (χ4n) is 11.0. The first-order valence-electron chi connectivity index (χ1n) is 23.2. The lowest BCUT2D eigenvalue weighted by atomic mass is 9.71. The number of hydrogen-bond donors (Lipinski definition) is 3. The first kappa shape index (κ1) is 47.9. The summed E-state index contributed by atoms with van der Waals surface area (Å²) < 4.78 is 63.9. The van der Waals surface area contributed by atoms with Crippen molar-refractivity contribution in [3.63, 3.8) is 0 Å². The highest BCUT2D eigenvalue weighted by molar-refractivity contribution is 5.78. The number of carbonyl (C=O) groups is 1. The predicted octanol–water partition coefficient (Wildman–Crippen LogP) is 5.60. The van der Waals surface area contributed by atoms with E-state index in [2.05, 4.69) is 40.7 Å². The topological polar surface area (TPSA) is 170 Å². The van der Waals surface area contributed by atoms with Gasteiger partial charge < -0.3 is 62.7 Å². The van der Waals surface area contributed by atoms with Crippen molar-refractivity contribution in [3.8, 4) is 0 Å². The van der Waals surface area contributed by atoms with Gasteiger partial charge in [-0.2, -0.15) is 0 Å².